The number of carbonyl (C=O) groups excluding carboxylic acids is 1. The molecule has 7 nitrogen and oxygen atoms in total. The van der Waals surface area contributed by atoms with E-state index in [9.17, 15) is 13.2 Å². The first kappa shape index (κ1) is 20.4. The molecule has 0 radical (unpaired) electrons. The van der Waals surface area contributed by atoms with Gasteiger partial charge in [-0.05, 0) is 42.5 Å². The highest BCUT2D eigenvalue weighted by Crippen LogP contribution is 2.30. The Labute approximate surface area is 179 Å². The number of amides is 1. The molecule has 3 aromatic carbocycles. The molecule has 0 fully saturated rings. The molecule has 0 bridgehead atoms. The number of hydrogen-bond acceptors (Lipinski definition) is 5. The first-order valence-corrected chi connectivity index (χ1v) is 10.9. The van der Waals surface area contributed by atoms with Crippen LogP contribution in [0.4, 0.5) is 11.4 Å². The maximum absolute atomic E-state index is 13.1. The van der Waals surface area contributed by atoms with Crippen LogP contribution in [0.15, 0.2) is 90.0 Å². The van der Waals surface area contributed by atoms with Crippen LogP contribution in [0, 0.1) is 0 Å². The van der Waals surface area contributed by atoms with E-state index in [1.807, 2.05) is 6.07 Å². The minimum Gasteiger partial charge on any atom is -0.495 e. The number of rotatable bonds is 6. The number of carbonyl (C=O) groups is 1. The first-order chi connectivity index (χ1) is 15.0. The molecule has 0 aliphatic heterocycles. The van der Waals surface area contributed by atoms with E-state index >= 15 is 0 Å². The van der Waals surface area contributed by atoms with Gasteiger partial charge >= 0.3 is 0 Å². The number of ether oxygens (including phenoxy) is 1. The van der Waals surface area contributed by atoms with Crippen molar-refractivity contribution in [1.29, 1.82) is 0 Å². The largest absolute Gasteiger partial charge is 0.495 e. The summed E-state index contributed by atoms with van der Waals surface area (Å²) < 4.78 is 34.1. The highest BCUT2D eigenvalue weighted by molar-refractivity contribution is 7.93. The summed E-state index contributed by atoms with van der Waals surface area (Å²) in [7, 11) is -2.57. The highest BCUT2D eigenvalue weighted by Gasteiger charge is 2.21. The van der Waals surface area contributed by atoms with Gasteiger partial charge in [0.2, 0.25) is 0 Å². The molecule has 8 heteroatoms. The van der Waals surface area contributed by atoms with Gasteiger partial charge in [0.05, 0.1) is 18.3 Å². The molecule has 0 aliphatic carbocycles. The second-order valence-corrected chi connectivity index (χ2v) is 8.32. The number of methoxy groups -OCH3 is 1. The summed E-state index contributed by atoms with van der Waals surface area (Å²) >= 11 is 0. The minimum atomic E-state index is -4.00. The van der Waals surface area contributed by atoms with Gasteiger partial charge in [-0.2, -0.15) is 0 Å². The lowest BCUT2D eigenvalue weighted by atomic mass is 10.1. The lowest BCUT2D eigenvalue weighted by molar-refractivity contribution is 0.102. The fraction of sp³-hybridized carbons (Fsp3) is 0.0435. The van der Waals surface area contributed by atoms with Crippen molar-refractivity contribution in [2.24, 2.45) is 0 Å². The third-order valence-electron chi connectivity index (χ3n) is 4.62. The van der Waals surface area contributed by atoms with Gasteiger partial charge in [0.15, 0.2) is 0 Å². The van der Waals surface area contributed by atoms with E-state index in [0.717, 1.165) is 0 Å². The zero-order valence-electron chi connectivity index (χ0n) is 16.6. The standard InChI is InChI=1S/C23H19N3O4S/c1-30-20-13-12-17(23(27)25-18-9-3-2-4-10-18)15-19(20)26-31(28,29)21-11-5-7-16-8-6-14-24-22(16)21/h2-15,26H,1H3,(H,25,27). The Kier molecular flexibility index (Phi) is 5.55. The Bertz CT molecular complexity index is 1350. The number of hydrogen-bond donors (Lipinski definition) is 2. The lowest BCUT2D eigenvalue weighted by Crippen LogP contribution is -2.16. The molecule has 156 valence electrons. The average Bonchev–Trinajstić information content (AvgIpc) is 2.79. The molecule has 31 heavy (non-hydrogen) atoms. The Balaban J connectivity index is 1.68. The maximum atomic E-state index is 13.1. The molecule has 0 unspecified atom stereocenters. The second kappa shape index (κ2) is 8.45. The summed E-state index contributed by atoms with van der Waals surface area (Å²) in [6.07, 6.45) is 1.54. The topological polar surface area (TPSA) is 97.4 Å². The van der Waals surface area contributed by atoms with Crippen LogP contribution in [0.25, 0.3) is 10.9 Å². The molecule has 0 saturated heterocycles. The number of nitrogens with one attached hydrogen (secondary N) is 2. The van der Waals surface area contributed by atoms with Crippen LogP contribution in [0.1, 0.15) is 10.4 Å². The summed E-state index contributed by atoms with van der Waals surface area (Å²) in [4.78, 5) is 16.9. The fourth-order valence-corrected chi connectivity index (χ4v) is 4.39. The molecule has 0 atom stereocenters. The predicted octanol–water partition coefficient (Wildman–Crippen LogP) is 4.30. The van der Waals surface area contributed by atoms with E-state index < -0.39 is 10.0 Å². The van der Waals surface area contributed by atoms with E-state index in [0.29, 0.717) is 16.6 Å². The van der Waals surface area contributed by atoms with Crippen molar-refractivity contribution in [2.45, 2.75) is 4.90 Å². The smallest absolute Gasteiger partial charge is 0.264 e. The molecule has 0 saturated carbocycles. The second-order valence-electron chi connectivity index (χ2n) is 6.67. The van der Waals surface area contributed by atoms with Crippen LogP contribution in [0.3, 0.4) is 0 Å². The number of fused-ring (bicyclic) bond motifs is 1. The SMILES string of the molecule is COc1ccc(C(=O)Nc2ccccc2)cc1NS(=O)(=O)c1cccc2cccnc12. The highest BCUT2D eigenvalue weighted by atomic mass is 32.2. The Morgan fingerprint density at radius 3 is 2.48 bits per heavy atom. The van der Waals surface area contributed by atoms with Crippen molar-refractivity contribution in [2.75, 3.05) is 17.1 Å². The van der Waals surface area contributed by atoms with Crippen LogP contribution < -0.4 is 14.8 Å². The van der Waals surface area contributed by atoms with Crippen molar-refractivity contribution in [3.63, 3.8) is 0 Å². The zero-order chi connectivity index (χ0) is 21.8. The van der Waals surface area contributed by atoms with Crippen LogP contribution >= 0.6 is 0 Å². The number of anilines is 2. The van der Waals surface area contributed by atoms with Gasteiger partial charge in [-0.15, -0.1) is 0 Å². The summed E-state index contributed by atoms with van der Waals surface area (Å²) in [5.41, 5.74) is 1.41. The Morgan fingerprint density at radius 2 is 1.71 bits per heavy atom. The number of aromatic nitrogens is 1. The van der Waals surface area contributed by atoms with Crippen LogP contribution in [0.2, 0.25) is 0 Å². The van der Waals surface area contributed by atoms with Gasteiger partial charge in [0.1, 0.15) is 10.6 Å². The van der Waals surface area contributed by atoms with Crippen LogP contribution in [-0.2, 0) is 10.0 Å². The number of sulfonamides is 1. The number of nitrogens with zero attached hydrogens (tertiary/aromatic N) is 1. The van der Waals surface area contributed by atoms with Gasteiger partial charge in [-0.25, -0.2) is 8.42 Å². The quantitative estimate of drug-likeness (QED) is 0.473. The minimum absolute atomic E-state index is 0.0341. The molecular formula is C23H19N3O4S. The predicted molar refractivity (Wildman–Crippen MR) is 120 cm³/mol. The van der Waals surface area contributed by atoms with E-state index in [1.165, 1.54) is 25.4 Å². The molecule has 1 amide bonds. The van der Waals surface area contributed by atoms with Crippen LogP contribution in [-0.4, -0.2) is 26.4 Å². The molecule has 4 rings (SSSR count). The van der Waals surface area contributed by atoms with Gasteiger partial charge < -0.3 is 10.1 Å². The Morgan fingerprint density at radius 1 is 0.935 bits per heavy atom. The Hall–Kier alpha value is -3.91. The summed E-state index contributed by atoms with van der Waals surface area (Å²) in [6, 6.07) is 22.0. The molecule has 4 aromatic rings. The van der Waals surface area contributed by atoms with E-state index in [1.54, 1.807) is 60.7 Å². The summed E-state index contributed by atoms with van der Waals surface area (Å²) in [5.74, 6) is -0.0887. The van der Waals surface area contributed by atoms with E-state index in [2.05, 4.69) is 15.0 Å². The van der Waals surface area contributed by atoms with Crippen molar-refractivity contribution >= 4 is 38.2 Å². The van der Waals surface area contributed by atoms with Gasteiger partial charge in [-0.3, -0.25) is 14.5 Å². The number of benzene rings is 3. The van der Waals surface area contributed by atoms with Crippen molar-refractivity contribution in [3.8, 4) is 5.75 Å². The third kappa shape index (κ3) is 4.34. The average molecular weight is 433 g/mol. The first-order valence-electron chi connectivity index (χ1n) is 9.39. The molecule has 0 aliphatic rings. The number of para-hydroxylation sites is 2. The van der Waals surface area contributed by atoms with Crippen molar-refractivity contribution < 1.29 is 17.9 Å². The van der Waals surface area contributed by atoms with Crippen molar-refractivity contribution in [3.05, 3.63) is 90.6 Å². The van der Waals surface area contributed by atoms with E-state index in [-0.39, 0.29) is 27.8 Å². The fourth-order valence-electron chi connectivity index (χ4n) is 3.15. The summed E-state index contributed by atoms with van der Waals surface area (Å²) in [6.45, 7) is 0. The molecular weight excluding hydrogens is 414 g/mol. The molecule has 2 N–H and O–H groups in total. The third-order valence-corrected chi connectivity index (χ3v) is 6.02. The monoisotopic (exact) mass is 433 g/mol. The van der Waals surface area contributed by atoms with Gasteiger partial charge in [0.25, 0.3) is 15.9 Å². The van der Waals surface area contributed by atoms with Crippen LogP contribution in [0.5, 0.6) is 5.75 Å². The maximum Gasteiger partial charge on any atom is 0.264 e. The van der Waals surface area contributed by atoms with Gasteiger partial charge in [0, 0.05) is 22.8 Å². The van der Waals surface area contributed by atoms with Crippen molar-refractivity contribution in [1.82, 2.24) is 4.98 Å². The number of pyridine rings is 1. The molecule has 0 spiro atoms. The summed E-state index contributed by atoms with van der Waals surface area (Å²) in [5, 5.41) is 3.48. The molecule has 1 heterocycles. The normalized spacial score (nSPS) is 11.1. The molecule has 1 aromatic heterocycles. The lowest BCUT2D eigenvalue weighted by Gasteiger charge is -2.14. The van der Waals surface area contributed by atoms with Gasteiger partial charge in [-0.1, -0.05) is 36.4 Å². The zero-order valence-corrected chi connectivity index (χ0v) is 17.4. The van der Waals surface area contributed by atoms with E-state index in [4.69, 9.17) is 4.74 Å².